The first-order valence-electron chi connectivity index (χ1n) is 8.82. The molecular formula is C18H24N6O2. The highest BCUT2D eigenvalue weighted by Crippen LogP contribution is 2.62. The lowest BCUT2D eigenvalue weighted by atomic mass is 10.0. The van der Waals surface area contributed by atoms with Gasteiger partial charge in [-0.05, 0) is 36.5 Å². The number of benzene rings is 1. The molecule has 0 radical (unpaired) electrons. The number of nitrogens with one attached hydrogen (secondary N) is 1. The van der Waals surface area contributed by atoms with E-state index in [1.165, 1.54) is 0 Å². The fourth-order valence-electron chi connectivity index (χ4n) is 4.18. The van der Waals surface area contributed by atoms with E-state index in [9.17, 15) is 10.2 Å². The topological polar surface area (TPSA) is 120 Å². The van der Waals surface area contributed by atoms with Crippen molar-refractivity contribution < 1.29 is 10.2 Å². The Bertz CT molecular complexity index is 796. The summed E-state index contributed by atoms with van der Waals surface area (Å²) in [6, 6.07) is 7.95. The largest absolute Gasteiger partial charge is 0.396 e. The summed E-state index contributed by atoms with van der Waals surface area (Å²) < 4.78 is 0. The molecule has 26 heavy (non-hydrogen) atoms. The van der Waals surface area contributed by atoms with Crippen LogP contribution in [0.1, 0.15) is 11.4 Å². The zero-order valence-electron chi connectivity index (χ0n) is 14.8. The second-order valence-corrected chi connectivity index (χ2v) is 7.38. The minimum Gasteiger partial charge on any atom is -0.396 e. The van der Waals surface area contributed by atoms with Crippen LogP contribution in [0.3, 0.4) is 0 Å². The van der Waals surface area contributed by atoms with E-state index in [0.717, 1.165) is 24.3 Å². The van der Waals surface area contributed by atoms with Crippen LogP contribution in [0.5, 0.6) is 0 Å². The molecule has 1 aromatic heterocycles. The van der Waals surface area contributed by atoms with Crippen LogP contribution in [0, 0.1) is 24.2 Å². The van der Waals surface area contributed by atoms with E-state index in [2.05, 4.69) is 25.2 Å². The lowest BCUT2D eigenvalue weighted by Gasteiger charge is -2.23. The van der Waals surface area contributed by atoms with E-state index < -0.39 is 0 Å². The molecule has 2 aliphatic rings. The van der Waals surface area contributed by atoms with Crippen molar-refractivity contribution in [3.8, 4) is 0 Å². The van der Waals surface area contributed by atoms with Crippen LogP contribution in [0.15, 0.2) is 24.3 Å². The first-order chi connectivity index (χ1) is 12.5. The molecule has 1 aromatic carbocycles. The lowest BCUT2D eigenvalue weighted by molar-refractivity contribution is 0.0864. The van der Waals surface area contributed by atoms with Crippen LogP contribution < -0.4 is 11.1 Å². The summed E-state index contributed by atoms with van der Waals surface area (Å²) in [4.78, 5) is 15.1. The molecule has 1 aliphatic carbocycles. The Labute approximate surface area is 152 Å². The second-order valence-electron chi connectivity index (χ2n) is 7.38. The molecule has 138 valence electrons. The number of aliphatic hydroxyl groups is 2. The van der Waals surface area contributed by atoms with E-state index in [1.807, 2.05) is 31.2 Å². The van der Waals surface area contributed by atoms with Gasteiger partial charge in [-0.3, -0.25) is 4.90 Å². The molecule has 0 spiro atoms. The monoisotopic (exact) mass is 356 g/mol. The Morgan fingerprint density at radius 3 is 2.58 bits per heavy atom. The zero-order chi connectivity index (χ0) is 18.3. The summed E-state index contributed by atoms with van der Waals surface area (Å²) in [5, 5.41) is 22.2. The number of rotatable bonds is 6. The number of nitrogen functional groups attached to an aromatic ring is 1. The first-order valence-corrected chi connectivity index (χ1v) is 8.82. The van der Waals surface area contributed by atoms with Gasteiger partial charge in [0.1, 0.15) is 5.82 Å². The van der Waals surface area contributed by atoms with Crippen molar-refractivity contribution in [3.63, 3.8) is 0 Å². The summed E-state index contributed by atoms with van der Waals surface area (Å²) in [6.07, 6.45) is 0. The normalized spacial score (nSPS) is 23.7. The van der Waals surface area contributed by atoms with Crippen molar-refractivity contribution in [3.05, 3.63) is 35.7 Å². The van der Waals surface area contributed by atoms with Gasteiger partial charge in [0.2, 0.25) is 11.9 Å². The van der Waals surface area contributed by atoms with Crippen LogP contribution in [0.25, 0.3) is 0 Å². The van der Waals surface area contributed by atoms with Gasteiger partial charge in [0.25, 0.3) is 0 Å². The van der Waals surface area contributed by atoms with Crippen LogP contribution in [-0.2, 0) is 6.54 Å². The summed E-state index contributed by atoms with van der Waals surface area (Å²) in [6.45, 7) is 4.37. The highest BCUT2D eigenvalue weighted by molar-refractivity contribution is 5.54. The van der Waals surface area contributed by atoms with E-state index >= 15 is 0 Å². The number of nitrogens with two attached hydrogens (primary N) is 1. The van der Waals surface area contributed by atoms with E-state index in [0.29, 0.717) is 30.2 Å². The molecule has 0 amide bonds. The summed E-state index contributed by atoms with van der Waals surface area (Å²) in [7, 11) is 0. The first kappa shape index (κ1) is 17.1. The number of hydrogen-bond acceptors (Lipinski definition) is 8. The zero-order valence-corrected chi connectivity index (χ0v) is 14.8. The summed E-state index contributed by atoms with van der Waals surface area (Å²) >= 11 is 0. The standard InChI is InChI=1S/C18H24N6O2/c1-11-3-2-4-12(5-11)20-17-22-15(21-16(19)23-17)8-24-6-13-14(7-24)18(13,9-25)10-26/h2-5,13-14,25-26H,6-10H2,1H3,(H3,19,20,21,22,23). The van der Waals surface area contributed by atoms with Crippen molar-refractivity contribution in [2.45, 2.75) is 13.5 Å². The molecule has 2 heterocycles. The molecule has 5 N–H and O–H groups in total. The smallest absolute Gasteiger partial charge is 0.232 e. The molecule has 1 saturated heterocycles. The molecule has 4 rings (SSSR count). The Morgan fingerprint density at radius 2 is 1.92 bits per heavy atom. The minimum atomic E-state index is -0.285. The predicted molar refractivity (Wildman–Crippen MR) is 97.6 cm³/mol. The van der Waals surface area contributed by atoms with Gasteiger partial charge in [-0.1, -0.05) is 12.1 Å². The molecule has 1 aliphatic heterocycles. The highest BCUT2D eigenvalue weighted by Gasteiger charge is 2.67. The van der Waals surface area contributed by atoms with Crippen molar-refractivity contribution in [2.24, 2.45) is 17.3 Å². The third kappa shape index (κ3) is 3.00. The number of aromatic nitrogens is 3. The molecular weight excluding hydrogens is 332 g/mol. The molecule has 2 aromatic rings. The van der Waals surface area contributed by atoms with Gasteiger partial charge in [0.15, 0.2) is 0 Å². The quantitative estimate of drug-likeness (QED) is 0.592. The molecule has 8 heteroatoms. The molecule has 1 saturated carbocycles. The van der Waals surface area contributed by atoms with E-state index in [-0.39, 0.29) is 24.6 Å². The van der Waals surface area contributed by atoms with Crippen LogP contribution >= 0.6 is 0 Å². The van der Waals surface area contributed by atoms with Crippen LogP contribution in [0.2, 0.25) is 0 Å². The SMILES string of the molecule is Cc1cccc(Nc2nc(N)nc(CN3CC4C(C3)C4(CO)CO)n2)c1. The third-order valence-electron chi connectivity index (χ3n) is 5.69. The van der Waals surface area contributed by atoms with Gasteiger partial charge in [-0.2, -0.15) is 15.0 Å². The van der Waals surface area contributed by atoms with Crippen molar-refractivity contribution in [2.75, 3.05) is 37.4 Å². The molecule has 2 atom stereocenters. The van der Waals surface area contributed by atoms with Gasteiger partial charge in [-0.25, -0.2) is 0 Å². The van der Waals surface area contributed by atoms with Gasteiger partial charge in [-0.15, -0.1) is 0 Å². The fourth-order valence-corrected chi connectivity index (χ4v) is 4.18. The predicted octanol–water partition coefficient (Wildman–Crippen LogP) is 0.538. The Hall–Kier alpha value is -2.29. The molecule has 2 fully saturated rings. The minimum absolute atomic E-state index is 0.0515. The molecule has 8 nitrogen and oxygen atoms in total. The number of fused-ring (bicyclic) bond motifs is 1. The Kier molecular flexibility index (Phi) is 4.26. The number of aryl methyl sites for hydroxylation is 1. The number of aliphatic hydroxyl groups excluding tert-OH is 2. The number of nitrogens with zero attached hydrogens (tertiary/aromatic N) is 4. The highest BCUT2D eigenvalue weighted by atomic mass is 16.3. The second kappa shape index (κ2) is 6.46. The maximum atomic E-state index is 9.53. The summed E-state index contributed by atoms with van der Waals surface area (Å²) in [5.41, 5.74) is 7.61. The Morgan fingerprint density at radius 1 is 1.19 bits per heavy atom. The number of piperidine rings is 1. The molecule has 0 bridgehead atoms. The molecule has 2 unspecified atom stereocenters. The maximum absolute atomic E-state index is 9.53. The number of anilines is 3. The van der Waals surface area contributed by atoms with Gasteiger partial charge >= 0.3 is 0 Å². The summed E-state index contributed by atoms with van der Waals surface area (Å²) in [5.74, 6) is 1.94. The maximum Gasteiger partial charge on any atom is 0.232 e. The lowest BCUT2D eigenvalue weighted by Crippen LogP contribution is -2.32. The fraction of sp³-hybridized carbons (Fsp3) is 0.500. The number of hydrogen-bond donors (Lipinski definition) is 4. The average Bonchev–Trinajstić information content (AvgIpc) is 2.96. The van der Waals surface area contributed by atoms with Crippen LogP contribution in [0.4, 0.5) is 17.6 Å². The van der Waals surface area contributed by atoms with Crippen molar-refractivity contribution >= 4 is 17.6 Å². The van der Waals surface area contributed by atoms with Gasteiger partial charge in [0, 0.05) is 24.2 Å². The van der Waals surface area contributed by atoms with E-state index in [4.69, 9.17) is 5.73 Å². The van der Waals surface area contributed by atoms with Crippen molar-refractivity contribution in [1.82, 2.24) is 19.9 Å². The van der Waals surface area contributed by atoms with Gasteiger partial charge in [0.05, 0.1) is 19.8 Å². The van der Waals surface area contributed by atoms with Crippen molar-refractivity contribution in [1.29, 1.82) is 0 Å². The Balaban J connectivity index is 1.43. The third-order valence-corrected chi connectivity index (χ3v) is 5.69. The van der Waals surface area contributed by atoms with Gasteiger partial charge < -0.3 is 21.3 Å². The van der Waals surface area contributed by atoms with E-state index in [1.54, 1.807) is 0 Å². The van der Waals surface area contributed by atoms with Crippen LogP contribution in [-0.4, -0.2) is 56.4 Å². The number of likely N-dealkylation sites (tertiary alicyclic amines) is 1. The average molecular weight is 356 g/mol.